The normalized spacial score (nSPS) is 17.2. The Morgan fingerprint density at radius 2 is 2.07 bits per heavy atom. The van der Waals surface area contributed by atoms with Crippen LogP contribution in [0.2, 0.25) is 0 Å². The van der Waals surface area contributed by atoms with E-state index in [1.165, 1.54) is 15.3 Å². The van der Waals surface area contributed by atoms with Crippen molar-refractivity contribution in [3.05, 3.63) is 68.0 Å². The van der Waals surface area contributed by atoms with Crippen LogP contribution < -0.4 is 14.8 Å². The molecule has 1 aromatic carbocycles. The van der Waals surface area contributed by atoms with Crippen LogP contribution in [0.4, 0.5) is 0 Å². The molecule has 0 fully saturated rings. The van der Waals surface area contributed by atoms with Crippen LogP contribution in [0.3, 0.4) is 0 Å². The molecule has 0 aliphatic carbocycles. The van der Waals surface area contributed by atoms with E-state index < -0.39 is 0 Å². The molecular weight excluding hydrogens is 416 g/mol. The highest BCUT2D eigenvalue weighted by Gasteiger charge is 2.31. The number of hydrogen-bond acceptors (Lipinski definition) is 6. The number of benzene rings is 1. The molecule has 4 rings (SSSR count). The van der Waals surface area contributed by atoms with Crippen LogP contribution in [-0.4, -0.2) is 38.1 Å². The topological polar surface area (TPSA) is 50.8 Å². The Labute approximate surface area is 185 Å². The summed E-state index contributed by atoms with van der Waals surface area (Å²) in [6.07, 6.45) is 0.988. The fourth-order valence-corrected chi connectivity index (χ4v) is 5.83. The summed E-state index contributed by atoms with van der Waals surface area (Å²) in [5.41, 5.74) is 2.24. The van der Waals surface area contributed by atoms with E-state index in [1.54, 1.807) is 25.6 Å². The van der Waals surface area contributed by atoms with Crippen molar-refractivity contribution in [2.45, 2.75) is 25.4 Å². The summed E-state index contributed by atoms with van der Waals surface area (Å²) in [4.78, 5) is 18.0. The number of fused-ring (bicyclic) bond motifs is 1. The zero-order valence-corrected chi connectivity index (χ0v) is 19.0. The van der Waals surface area contributed by atoms with Crippen molar-refractivity contribution in [2.75, 3.05) is 27.3 Å². The van der Waals surface area contributed by atoms with Gasteiger partial charge in [0.1, 0.15) is 11.5 Å². The standard InChI is InChI=1S/C23H26N2O3S2/c1-15(18-13-16(27-2)6-7-19(18)28-3)24-22(26)14-25-10-8-20-17(9-12-30-20)23(25)21-5-4-11-29-21/h4-7,9,11-13,15,23H,8,10,14H2,1-3H3,(H,24,26). The molecule has 3 aromatic rings. The lowest BCUT2D eigenvalue weighted by Gasteiger charge is -2.35. The number of thiophene rings is 2. The van der Waals surface area contributed by atoms with E-state index in [2.05, 4.69) is 39.2 Å². The highest BCUT2D eigenvalue weighted by Crippen LogP contribution is 2.39. The first-order chi connectivity index (χ1) is 14.6. The van der Waals surface area contributed by atoms with Gasteiger partial charge in [-0.15, -0.1) is 22.7 Å². The third-order valence-corrected chi connectivity index (χ3v) is 7.43. The molecule has 5 nitrogen and oxygen atoms in total. The molecule has 3 heterocycles. The second-order valence-corrected chi connectivity index (χ2v) is 9.31. The van der Waals surface area contributed by atoms with Crippen LogP contribution in [-0.2, 0) is 11.2 Å². The van der Waals surface area contributed by atoms with Gasteiger partial charge >= 0.3 is 0 Å². The van der Waals surface area contributed by atoms with Gasteiger partial charge in [-0.1, -0.05) is 6.07 Å². The van der Waals surface area contributed by atoms with Crippen LogP contribution in [0.25, 0.3) is 0 Å². The Morgan fingerprint density at radius 1 is 1.20 bits per heavy atom. The summed E-state index contributed by atoms with van der Waals surface area (Å²) >= 11 is 3.56. The van der Waals surface area contributed by atoms with Gasteiger partial charge in [-0.25, -0.2) is 0 Å². The number of nitrogens with one attached hydrogen (secondary N) is 1. The van der Waals surface area contributed by atoms with Crippen LogP contribution in [0, 0.1) is 0 Å². The number of hydrogen-bond donors (Lipinski definition) is 1. The van der Waals surface area contributed by atoms with Crippen molar-refractivity contribution in [3.63, 3.8) is 0 Å². The summed E-state index contributed by atoms with van der Waals surface area (Å²) in [6, 6.07) is 12.0. The van der Waals surface area contributed by atoms with Crippen LogP contribution in [0.15, 0.2) is 47.2 Å². The van der Waals surface area contributed by atoms with Gasteiger partial charge in [0.15, 0.2) is 0 Å². The van der Waals surface area contributed by atoms with Crippen molar-refractivity contribution in [1.82, 2.24) is 10.2 Å². The Kier molecular flexibility index (Phi) is 6.41. The monoisotopic (exact) mass is 442 g/mol. The van der Waals surface area contributed by atoms with Gasteiger partial charge in [0.25, 0.3) is 0 Å². The number of amides is 1. The summed E-state index contributed by atoms with van der Waals surface area (Å²) in [6.45, 7) is 3.20. The lowest BCUT2D eigenvalue weighted by atomic mass is 9.98. The molecule has 1 aliphatic rings. The average molecular weight is 443 g/mol. The Bertz CT molecular complexity index is 1000. The first-order valence-electron chi connectivity index (χ1n) is 9.95. The quantitative estimate of drug-likeness (QED) is 0.579. The van der Waals surface area contributed by atoms with Gasteiger partial charge in [0, 0.05) is 21.9 Å². The predicted octanol–water partition coefficient (Wildman–Crippen LogP) is 4.65. The first-order valence-corrected chi connectivity index (χ1v) is 11.7. The number of methoxy groups -OCH3 is 2. The molecule has 158 valence electrons. The number of nitrogens with zero attached hydrogens (tertiary/aromatic N) is 1. The maximum absolute atomic E-state index is 13.0. The fraction of sp³-hybridized carbons (Fsp3) is 0.348. The van der Waals surface area contributed by atoms with Gasteiger partial charge in [-0.2, -0.15) is 0 Å². The predicted molar refractivity (Wildman–Crippen MR) is 122 cm³/mol. The molecule has 2 unspecified atom stereocenters. The van der Waals surface area contributed by atoms with Gasteiger partial charge in [0.05, 0.1) is 32.8 Å². The second kappa shape index (κ2) is 9.20. The molecule has 30 heavy (non-hydrogen) atoms. The zero-order chi connectivity index (χ0) is 21.1. The Morgan fingerprint density at radius 3 is 2.80 bits per heavy atom. The molecule has 7 heteroatoms. The number of rotatable bonds is 7. The zero-order valence-electron chi connectivity index (χ0n) is 17.4. The van der Waals surface area contributed by atoms with Gasteiger partial charge in [-0.3, -0.25) is 9.69 Å². The van der Waals surface area contributed by atoms with Gasteiger partial charge in [-0.05, 0) is 60.0 Å². The minimum atomic E-state index is -0.191. The van der Waals surface area contributed by atoms with E-state index in [0.29, 0.717) is 6.54 Å². The SMILES string of the molecule is COc1ccc(OC)c(C(C)NC(=O)CN2CCc3sccc3C2c2cccs2)c1. The van der Waals surface area contributed by atoms with E-state index >= 15 is 0 Å². The smallest absolute Gasteiger partial charge is 0.234 e. The average Bonchev–Trinajstić information content (AvgIpc) is 3.45. The maximum Gasteiger partial charge on any atom is 0.234 e. The highest BCUT2D eigenvalue weighted by molar-refractivity contribution is 7.10. The number of carbonyl (C=O) groups excluding carboxylic acids is 1. The third kappa shape index (κ3) is 4.24. The van der Waals surface area contributed by atoms with Crippen LogP contribution in [0.1, 0.15) is 39.9 Å². The van der Waals surface area contributed by atoms with Crippen molar-refractivity contribution in [3.8, 4) is 11.5 Å². The number of carbonyl (C=O) groups is 1. The van der Waals surface area contributed by atoms with Crippen LogP contribution in [0.5, 0.6) is 11.5 Å². The summed E-state index contributed by atoms with van der Waals surface area (Å²) in [7, 11) is 3.27. The van der Waals surface area contributed by atoms with Gasteiger partial charge in [0.2, 0.25) is 5.91 Å². The van der Waals surface area contributed by atoms with E-state index in [-0.39, 0.29) is 18.0 Å². The molecular formula is C23H26N2O3S2. The van der Waals surface area contributed by atoms with Crippen molar-refractivity contribution < 1.29 is 14.3 Å². The molecule has 0 saturated carbocycles. The number of ether oxygens (including phenoxy) is 2. The molecule has 0 saturated heterocycles. The summed E-state index contributed by atoms with van der Waals surface area (Å²) in [5.74, 6) is 1.49. The van der Waals surface area contributed by atoms with E-state index in [9.17, 15) is 4.79 Å². The second-order valence-electron chi connectivity index (χ2n) is 7.33. The van der Waals surface area contributed by atoms with E-state index in [0.717, 1.165) is 30.0 Å². The maximum atomic E-state index is 13.0. The minimum absolute atomic E-state index is 0.00705. The lowest BCUT2D eigenvalue weighted by molar-refractivity contribution is -0.123. The Balaban J connectivity index is 1.50. The molecule has 1 aliphatic heterocycles. The first kappa shape index (κ1) is 20.9. The van der Waals surface area contributed by atoms with E-state index in [4.69, 9.17) is 9.47 Å². The van der Waals surface area contributed by atoms with Crippen molar-refractivity contribution >= 4 is 28.6 Å². The summed E-state index contributed by atoms with van der Waals surface area (Å²) < 4.78 is 10.8. The largest absolute Gasteiger partial charge is 0.497 e. The minimum Gasteiger partial charge on any atom is -0.497 e. The molecule has 2 aromatic heterocycles. The molecule has 0 spiro atoms. The highest BCUT2D eigenvalue weighted by atomic mass is 32.1. The van der Waals surface area contributed by atoms with Crippen molar-refractivity contribution in [2.24, 2.45) is 0 Å². The van der Waals surface area contributed by atoms with Gasteiger partial charge < -0.3 is 14.8 Å². The summed E-state index contributed by atoms with van der Waals surface area (Å²) in [5, 5.41) is 7.40. The molecule has 1 N–H and O–H groups in total. The fourth-order valence-electron chi connectivity index (χ4n) is 4.05. The molecule has 0 bridgehead atoms. The molecule has 0 radical (unpaired) electrons. The lowest BCUT2D eigenvalue weighted by Crippen LogP contribution is -2.43. The molecule has 2 atom stereocenters. The van der Waals surface area contributed by atoms with E-state index in [1.807, 2.05) is 36.5 Å². The van der Waals surface area contributed by atoms with Crippen LogP contribution >= 0.6 is 22.7 Å². The van der Waals surface area contributed by atoms with Crippen molar-refractivity contribution in [1.29, 1.82) is 0 Å². The third-order valence-electron chi connectivity index (χ3n) is 5.51. The Hall–Kier alpha value is -2.35. The molecule has 1 amide bonds.